The first-order chi connectivity index (χ1) is 10.9. The number of anilines is 1. The lowest BCUT2D eigenvalue weighted by Gasteiger charge is -2.17. The van der Waals surface area contributed by atoms with Crippen molar-refractivity contribution in [1.82, 2.24) is 0 Å². The van der Waals surface area contributed by atoms with Gasteiger partial charge in [-0.2, -0.15) is 0 Å². The van der Waals surface area contributed by atoms with Crippen molar-refractivity contribution in [2.45, 2.75) is 47.1 Å². The number of benzene rings is 2. The molecule has 2 rings (SSSR count). The Kier molecular flexibility index (Phi) is 5.43. The molecular formula is C20H25NO2. The number of carbonyl (C=O) groups excluding carboxylic acids is 1. The van der Waals surface area contributed by atoms with Crippen molar-refractivity contribution in [3.63, 3.8) is 0 Å². The van der Waals surface area contributed by atoms with Crippen molar-refractivity contribution in [1.29, 1.82) is 0 Å². The summed E-state index contributed by atoms with van der Waals surface area (Å²) >= 11 is 0. The first-order valence-electron chi connectivity index (χ1n) is 8.05. The molecule has 0 radical (unpaired) electrons. The van der Waals surface area contributed by atoms with Gasteiger partial charge in [-0.05, 0) is 62.9 Å². The number of carbonyl (C=O) groups is 1. The van der Waals surface area contributed by atoms with Gasteiger partial charge in [-0.1, -0.05) is 36.8 Å². The molecule has 0 aliphatic carbocycles. The quantitative estimate of drug-likeness (QED) is 0.877. The summed E-state index contributed by atoms with van der Waals surface area (Å²) in [6, 6.07) is 12.0. The van der Waals surface area contributed by atoms with Gasteiger partial charge in [-0.15, -0.1) is 0 Å². The molecule has 122 valence electrons. The number of amides is 1. The van der Waals surface area contributed by atoms with Crippen LogP contribution in [0.3, 0.4) is 0 Å². The van der Waals surface area contributed by atoms with Gasteiger partial charge in [0, 0.05) is 5.69 Å². The molecule has 2 aromatic carbocycles. The highest BCUT2D eigenvalue weighted by Gasteiger charge is 2.17. The second-order valence-corrected chi connectivity index (χ2v) is 6.02. The van der Waals surface area contributed by atoms with E-state index in [1.54, 1.807) is 6.92 Å². The number of aryl methyl sites for hydroxylation is 4. The smallest absolute Gasteiger partial charge is 0.265 e. The summed E-state index contributed by atoms with van der Waals surface area (Å²) in [4.78, 5) is 12.4. The van der Waals surface area contributed by atoms with Crippen LogP contribution in [0.5, 0.6) is 5.75 Å². The summed E-state index contributed by atoms with van der Waals surface area (Å²) in [7, 11) is 0. The molecule has 0 aliphatic rings. The van der Waals surface area contributed by atoms with Gasteiger partial charge in [-0.3, -0.25) is 4.79 Å². The van der Waals surface area contributed by atoms with Crippen LogP contribution in [-0.2, 0) is 11.2 Å². The molecule has 0 spiro atoms. The summed E-state index contributed by atoms with van der Waals surface area (Å²) in [6.45, 7) is 9.94. The van der Waals surface area contributed by atoms with Gasteiger partial charge >= 0.3 is 0 Å². The van der Waals surface area contributed by atoms with E-state index in [1.165, 1.54) is 11.1 Å². The lowest BCUT2D eigenvalue weighted by atomic mass is 10.0. The van der Waals surface area contributed by atoms with E-state index in [0.717, 1.165) is 23.2 Å². The van der Waals surface area contributed by atoms with Crippen LogP contribution < -0.4 is 10.1 Å². The molecular weight excluding hydrogens is 286 g/mol. The Morgan fingerprint density at radius 1 is 1.09 bits per heavy atom. The fourth-order valence-electron chi connectivity index (χ4n) is 2.66. The minimum Gasteiger partial charge on any atom is -0.481 e. The Morgan fingerprint density at radius 2 is 1.65 bits per heavy atom. The lowest BCUT2D eigenvalue weighted by Crippen LogP contribution is -2.30. The Balaban J connectivity index is 2.05. The Morgan fingerprint density at radius 3 is 2.17 bits per heavy atom. The highest BCUT2D eigenvalue weighted by Crippen LogP contribution is 2.22. The molecule has 0 saturated carbocycles. The van der Waals surface area contributed by atoms with E-state index in [1.807, 2.05) is 38.1 Å². The number of hydrogen-bond acceptors (Lipinski definition) is 2. The number of hydrogen-bond donors (Lipinski definition) is 1. The van der Waals surface area contributed by atoms with Crippen molar-refractivity contribution < 1.29 is 9.53 Å². The molecule has 0 aliphatic heterocycles. The molecule has 1 N–H and O–H groups in total. The zero-order valence-electron chi connectivity index (χ0n) is 14.6. The average molecular weight is 311 g/mol. The summed E-state index contributed by atoms with van der Waals surface area (Å²) in [5.41, 5.74) is 5.45. The molecule has 1 amide bonds. The second kappa shape index (κ2) is 7.32. The number of nitrogens with one attached hydrogen (secondary N) is 1. The number of ether oxygens (including phenoxy) is 1. The van der Waals surface area contributed by atoms with Gasteiger partial charge < -0.3 is 10.1 Å². The van der Waals surface area contributed by atoms with Gasteiger partial charge in [0.2, 0.25) is 0 Å². The molecule has 3 nitrogen and oxygen atoms in total. The van der Waals surface area contributed by atoms with Crippen molar-refractivity contribution in [2.24, 2.45) is 0 Å². The molecule has 3 heteroatoms. The zero-order valence-corrected chi connectivity index (χ0v) is 14.6. The maximum absolute atomic E-state index is 12.4. The standard InChI is InChI=1S/C20H25NO2/c1-6-17-7-9-18(10-8-17)23-16(5)20(22)21-19-14(3)11-13(2)12-15(19)4/h7-12,16H,6H2,1-5H3,(H,21,22)/t16-/m1/s1. The van der Waals surface area contributed by atoms with Gasteiger partial charge in [0.25, 0.3) is 5.91 Å². The van der Waals surface area contributed by atoms with Crippen LogP contribution >= 0.6 is 0 Å². The van der Waals surface area contributed by atoms with E-state index in [2.05, 4.69) is 31.3 Å². The van der Waals surface area contributed by atoms with E-state index in [9.17, 15) is 4.79 Å². The Bertz CT molecular complexity index is 666. The van der Waals surface area contributed by atoms with Crippen LogP contribution in [0, 0.1) is 20.8 Å². The normalized spacial score (nSPS) is 11.9. The fraction of sp³-hybridized carbons (Fsp3) is 0.350. The Labute approximate surface area is 138 Å². The van der Waals surface area contributed by atoms with E-state index in [4.69, 9.17) is 4.74 Å². The van der Waals surface area contributed by atoms with Crippen molar-refractivity contribution in [2.75, 3.05) is 5.32 Å². The summed E-state index contributed by atoms with van der Waals surface area (Å²) in [6.07, 6.45) is 0.435. The van der Waals surface area contributed by atoms with E-state index in [-0.39, 0.29) is 5.91 Å². The largest absolute Gasteiger partial charge is 0.481 e. The fourth-order valence-corrected chi connectivity index (χ4v) is 2.66. The molecule has 0 heterocycles. The second-order valence-electron chi connectivity index (χ2n) is 6.02. The average Bonchev–Trinajstić information content (AvgIpc) is 2.51. The van der Waals surface area contributed by atoms with Gasteiger partial charge in [0.1, 0.15) is 5.75 Å². The van der Waals surface area contributed by atoms with Crippen LogP contribution in [0.15, 0.2) is 36.4 Å². The predicted octanol–water partition coefficient (Wildman–Crippen LogP) is 4.58. The molecule has 0 saturated heterocycles. The van der Waals surface area contributed by atoms with Crippen molar-refractivity contribution >= 4 is 11.6 Å². The summed E-state index contributed by atoms with van der Waals surface area (Å²) < 4.78 is 5.74. The molecule has 0 unspecified atom stereocenters. The maximum atomic E-state index is 12.4. The van der Waals surface area contributed by atoms with E-state index < -0.39 is 6.10 Å². The van der Waals surface area contributed by atoms with Crippen LogP contribution in [0.2, 0.25) is 0 Å². The summed E-state index contributed by atoms with van der Waals surface area (Å²) in [5.74, 6) is 0.571. The third-order valence-electron chi connectivity index (χ3n) is 3.94. The molecule has 23 heavy (non-hydrogen) atoms. The third-order valence-corrected chi connectivity index (χ3v) is 3.94. The minimum absolute atomic E-state index is 0.139. The Hall–Kier alpha value is -2.29. The lowest BCUT2D eigenvalue weighted by molar-refractivity contribution is -0.122. The van der Waals surface area contributed by atoms with Crippen molar-refractivity contribution in [3.8, 4) is 5.75 Å². The van der Waals surface area contributed by atoms with Crippen LogP contribution in [-0.4, -0.2) is 12.0 Å². The zero-order chi connectivity index (χ0) is 17.0. The molecule has 0 fully saturated rings. The number of rotatable bonds is 5. The van der Waals surface area contributed by atoms with Gasteiger partial charge in [0.15, 0.2) is 6.10 Å². The van der Waals surface area contributed by atoms with Gasteiger partial charge in [0.05, 0.1) is 0 Å². The molecule has 0 bridgehead atoms. The topological polar surface area (TPSA) is 38.3 Å². The monoisotopic (exact) mass is 311 g/mol. The maximum Gasteiger partial charge on any atom is 0.265 e. The third kappa shape index (κ3) is 4.35. The van der Waals surface area contributed by atoms with Crippen LogP contribution in [0.25, 0.3) is 0 Å². The van der Waals surface area contributed by atoms with E-state index in [0.29, 0.717) is 5.75 Å². The van der Waals surface area contributed by atoms with Crippen molar-refractivity contribution in [3.05, 3.63) is 58.7 Å². The highest BCUT2D eigenvalue weighted by atomic mass is 16.5. The van der Waals surface area contributed by atoms with E-state index >= 15 is 0 Å². The molecule has 0 aromatic heterocycles. The van der Waals surface area contributed by atoms with Crippen LogP contribution in [0.1, 0.15) is 36.1 Å². The molecule has 2 aromatic rings. The first-order valence-corrected chi connectivity index (χ1v) is 8.05. The minimum atomic E-state index is -0.553. The first kappa shape index (κ1) is 17.1. The van der Waals surface area contributed by atoms with Crippen LogP contribution in [0.4, 0.5) is 5.69 Å². The predicted molar refractivity (Wildman–Crippen MR) is 95.2 cm³/mol. The van der Waals surface area contributed by atoms with Gasteiger partial charge in [-0.25, -0.2) is 0 Å². The summed E-state index contributed by atoms with van der Waals surface area (Å²) in [5, 5.41) is 2.98. The SMILES string of the molecule is CCc1ccc(O[C@H](C)C(=O)Nc2c(C)cc(C)cc2C)cc1. The highest BCUT2D eigenvalue weighted by molar-refractivity contribution is 5.95. The molecule has 1 atom stereocenters.